The highest BCUT2D eigenvalue weighted by Crippen LogP contribution is 2.37. The Bertz CT molecular complexity index is 523. The summed E-state index contributed by atoms with van der Waals surface area (Å²) in [4.78, 5) is 17.0. The van der Waals surface area contributed by atoms with E-state index in [0.717, 1.165) is 24.4 Å². The second kappa shape index (κ2) is 6.04. The van der Waals surface area contributed by atoms with Crippen LogP contribution >= 0.6 is 0 Å². The molecule has 1 amide bonds. The summed E-state index contributed by atoms with van der Waals surface area (Å²) in [5, 5.41) is 6.21. The molecule has 0 saturated heterocycles. The molecular formula is C17H27N3O. The van der Waals surface area contributed by atoms with Crippen molar-refractivity contribution < 1.29 is 4.79 Å². The number of rotatable bonds is 4. The SMILES string of the molecule is CNc1cc(C(=O)NC2CCC(C)(C)C2)cc(C(C)C)n1. The molecule has 1 aromatic rings. The van der Waals surface area contributed by atoms with Crippen LogP contribution < -0.4 is 10.6 Å². The number of hydrogen-bond acceptors (Lipinski definition) is 3. The van der Waals surface area contributed by atoms with Gasteiger partial charge < -0.3 is 10.6 Å². The minimum atomic E-state index is 0.0125. The van der Waals surface area contributed by atoms with Crippen LogP contribution in [0.1, 0.15) is 68.9 Å². The number of amides is 1. The van der Waals surface area contributed by atoms with Crippen molar-refractivity contribution in [2.75, 3.05) is 12.4 Å². The molecule has 1 unspecified atom stereocenters. The standard InChI is InChI=1S/C17H27N3O/c1-11(2)14-8-12(9-15(18-5)20-14)16(21)19-13-6-7-17(3,4)10-13/h8-9,11,13H,6-7,10H2,1-5H3,(H,18,20)(H,19,21). The highest BCUT2D eigenvalue weighted by atomic mass is 16.1. The van der Waals surface area contributed by atoms with Crippen LogP contribution in [0.25, 0.3) is 0 Å². The summed E-state index contributed by atoms with van der Waals surface area (Å²) >= 11 is 0. The fraction of sp³-hybridized carbons (Fsp3) is 0.647. The van der Waals surface area contributed by atoms with E-state index in [9.17, 15) is 4.79 Å². The van der Waals surface area contributed by atoms with E-state index < -0.39 is 0 Å². The molecule has 4 heteroatoms. The van der Waals surface area contributed by atoms with Crippen LogP contribution in [-0.2, 0) is 0 Å². The van der Waals surface area contributed by atoms with Gasteiger partial charge in [0.15, 0.2) is 0 Å². The van der Waals surface area contributed by atoms with Gasteiger partial charge in [-0.25, -0.2) is 4.98 Å². The lowest BCUT2D eigenvalue weighted by Gasteiger charge is -2.18. The lowest BCUT2D eigenvalue weighted by atomic mass is 9.92. The van der Waals surface area contributed by atoms with Crippen LogP contribution in [-0.4, -0.2) is 24.0 Å². The van der Waals surface area contributed by atoms with Crippen LogP contribution in [0.3, 0.4) is 0 Å². The quantitative estimate of drug-likeness (QED) is 0.891. The van der Waals surface area contributed by atoms with Gasteiger partial charge in [0.05, 0.1) is 0 Å². The summed E-state index contributed by atoms with van der Waals surface area (Å²) in [5.41, 5.74) is 1.98. The lowest BCUT2D eigenvalue weighted by Crippen LogP contribution is -2.33. The molecule has 1 aliphatic rings. The smallest absolute Gasteiger partial charge is 0.251 e. The molecule has 1 aromatic heterocycles. The van der Waals surface area contributed by atoms with Gasteiger partial charge in [-0.05, 0) is 42.7 Å². The van der Waals surface area contributed by atoms with Gasteiger partial charge in [0.25, 0.3) is 5.91 Å². The number of nitrogens with zero attached hydrogens (tertiary/aromatic N) is 1. The van der Waals surface area contributed by atoms with Crippen molar-refractivity contribution in [2.45, 2.75) is 58.9 Å². The van der Waals surface area contributed by atoms with Crippen molar-refractivity contribution >= 4 is 11.7 Å². The Kier molecular flexibility index (Phi) is 4.55. The molecule has 1 fully saturated rings. The van der Waals surface area contributed by atoms with Crippen LogP contribution in [0.4, 0.5) is 5.82 Å². The topological polar surface area (TPSA) is 54.0 Å². The second-order valence-corrected chi connectivity index (χ2v) is 7.15. The summed E-state index contributed by atoms with van der Waals surface area (Å²) in [6.07, 6.45) is 3.30. The van der Waals surface area contributed by atoms with E-state index in [4.69, 9.17) is 0 Å². The van der Waals surface area contributed by atoms with E-state index in [2.05, 4.69) is 43.3 Å². The number of hydrogen-bond donors (Lipinski definition) is 2. The van der Waals surface area contributed by atoms with Crippen molar-refractivity contribution in [3.63, 3.8) is 0 Å². The molecule has 1 aliphatic carbocycles. The summed E-state index contributed by atoms with van der Waals surface area (Å²) in [6.45, 7) is 8.70. The predicted molar refractivity (Wildman–Crippen MR) is 86.8 cm³/mol. The average molecular weight is 289 g/mol. The number of pyridine rings is 1. The summed E-state index contributed by atoms with van der Waals surface area (Å²) < 4.78 is 0. The Labute approximate surface area is 127 Å². The maximum Gasteiger partial charge on any atom is 0.251 e. The predicted octanol–water partition coefficient (Wildman–Crippen LogP) is 3.56. The van der Waals surface area contributed by atoms with Crippen molar-refractivity contribution in [1.29, 1.82) is 0 Å². The normalized spacial score (nSPS) is 20.6. The minimum absolute atomic E-state index is 0.0125. The molecular weight excluding hydrogens is 262 g/mol. The van der Waals surface area contributed by atoms with Crippen molar-refractivity contribution in [3.8, 4) is 0 Å². The first-order valence-corrected chi connectivity index (χ1v) is 7.81. The van der Waals surface area contributed by atoms with Gasteiger partial charge in [-0.1, -0.05) is 27.7 Å². The number of carbonyl (C=O) groups excluding carboxylic acids is 1. The Morgan fingerprint density at radius 2 is 2.10 bits per heavy atom. The van der Waals surface area contributed by atoms with Crippen molar-refractivity contribution in [3.05, 3.63) is 23.4 Å². The largest absolute Gasteiger partial charge is 0.373 e. The lowest BCUT2D eigenvalue weighted by molar-refractivity contribution is 0.0936. The third-order valence-electron chi connectivity index (χ3n) is 4.26. The molecule has 21 heavy (non-hydrogen) atoms. The first-order valence-electron chi connectivity index (χ1n) is 7.81. The zero-order valence-corrected chi connectivity index (χ0v) is 13.8. The molecule has 116 valence electrons. The molecule has 1 saturated carbocycles. The highest BCUT2D eigenvalue weighted by molar-refractivity contribution is 5.95. The van der Waals surface area contributed by atoms with Gasteiger partial charge in [-0.2, -0.15) is 0 Å². The molecule has 1 atom stereocenters. The fourth-order valence-corrected chi connectivity index (χ4v) is 2.93. The summed E-state index contributed by atoms with van der Waals surface area (Å²) in [5.74, 6) is 1.06. The van der Waals surface area contributed by atoms with Crippen LogP contribution in [0.15, 0.2) is 12.1 Å². The highest BCUT2D eigenvalue weighted by Gasteiger charge is 2.31. The maximum absolute atomic E-state index is 12.5. The zero-order chi connectivity index (χ0) is 15.6. The third kappa shape index (κ3) is 3.96. The van der Waals surface area contributed by atoms with Crippen LogP contribution in [0.5, 0.6) is 0 Å². The summed E-state index contributed by atoms with van der Waals surface area (Å²) in [6, 6.07) is 4.02. The number of carbonyl (C=O) groups is 1. The number of nitrogens with one attached hydrogen (secondary N) is 2. The van der Waals surface area contributed by atoms with Gasteiger partial charge in [0.2, 0.25) is 0 Å². The van der Waals surface area contributed by atoms with Crippen molar-refractivity contribution in [2.24, 2.45) is 5.41 Å². The van der Waals surface area contributed by atoms with E-state index in [-0.39, 0.29) is 5.91 Å². The monoisotopic (exact) mass is 289 g/mol. The van der Waals surface area contributed by atoms with E-state index in [1.165, 1.54) is 6.42 Å². The molecule has 1 heterocycles. The van der Waals surface area contributed by atoms with Gasteiger partial charge in [0, 0.05) is 24.3 Å². The van der Waals surface area contributed by atoms with Gasteiger partial charge >= 0.3 is 0 Å². The van der Waals surface area contributed by atoms with E-state index in [0.29, 0.717) is 22.9 Å². The molecule has 2 rings (SSSR count). The first-order chi connectivity index (χ1) is 9.80. The van der Waals surface area contributed by atoms with E-state index >= 15 is 0 Å². The van der Waals surface area contributed by atoms with Gasteiger partial charge in [-0.3, -0.25) is 4.79 Å². The molecule has 0 bridgehead atoms. The molecule has 0 spiro atoms. The van der Waals surface area contributed by atoms with Crippen molar-refractivity contribution in [1.82, 2.24) is 10.3 Å². The molecule has 4 nitrogen and oxygen atoms in total. The Hall–Kier alpha value is -1.58. The second-order valence-electron chi connectivity index (χ2n) is 7.15. The molecule has 0 aromatic carbocycles. The zero-order valence-electron chi connectivity index (χ0n) is 13.8. The Morgan fingerprint density at radius 1 is 1.38 bits per heavy atom. The number of anilines is 1. The van der Waals surface area contributed by atoms with Gasteiger partial charge in [-0.15, -0.1) is 0 Å². The third-order valence-corrected chi connectivity index (χ3v) is 4.26. The maximum atomic E-state index is 12.5. The average Bonchev–Trinajstić information content (AvgIpc) is 2.77. The molecule has 0 radical (unpaired) electrons. The summed E-state index contributed by atoms with van der Waals surface area (Å²) in [7, 11) is 1.83. The van der Waals surface area contributed by atoms with E-state index in [1.807, 2.05) is 19.2 Å². The minimum Gasteiger partial charge on any atom is -0.373 e. The Balaban J connectivity index is 2.13. The van der Waals surface area contributed by atoms with Crippen LogP contribution in [0.2, 0.25) is 0 Å². The fourth-order valence-electron chi connectivity index (χ4n) is 2.93. The molecule has 2 N–H and O–H groups in total. The van der Waals surface area contributed by atoms with Crippen LogP contribution in [0, 0.1) is 5.41 Å². The van der Waals surface area contributed by atoms with E-state index in [1.54, 1.807) is 0 Å². The Morgan fingerprint density at radius 3 is 2.62 bits per heavy atom. The first kappa shape index (κ1) is 15.8. The molecule has 0 aliphatic heterocycles. The van der Waals surface area contributed by atoms with Gasteiger partial charge in [0.1, 0.15) is 5.82 Å². The number of aromatic nitrogens is 1.